The smallest absolute Gasteiger partial charge is 0.136 e. The van der Waals surface area contributed by atoms with Gasteiger partial charge in [0, 0.05) is 24.4 Å². The molecule has 0 heterocycles. The van der Waals surface area contributed by atoms with Gasteiger partial charge in [-0.3, -0.25) is 0 Å². The molecule has 0 spiro atoms. The molecule has 0 saturated heterocycles. The Morgan fingerprint density at radius 3 is 2.67 bits per heavy atom. The number of thioether (sulfide) groups is 1. The molecule has 0 amide bonds. The van der Waals surface area contributed by atoms with Crippen LogP contribution in [0.15, 0.2) is 29.2 Å². The van der Waals surface area contributed by atoms with E-state index in [2.05, 4.69) is 25.1 Å². The van der Waals surface area contributed by atoms with Gasteiger partial charge in [0.2, 0.25) is 0 Å². The minimum Gasteiger partial charge on any atom is -0.384 e. The summed E-state index contributed by atoms with van der Waals surface area (Å²) in [6.45, 7) is 2.20. The minimum absolute atomic E-state index is 0. The molecule has 2 N–H and O–H groups in total. The molecule has 0 unspecified atom stereocenters. The van der Waals surface area contributed by atoms with Gasteiger partial charge in [0.25, 0.3) is 0 Å². The molecule has 78 valence electrons. The average molecular weight is 291 g/mol. The Labute approximate surface area is 114 Å². The second-order valence-electron chi connectivity index (χ2n) is 3.13. The zero-order valence-electron chi connectivity index (χ0n) is 9.03. The van der Waals surface area contributed by atoms with Crippen molar-refractivity contribution >= 4 is 28.3 Å². The van der Waals surface area contributed by atoms with Crippen molar-refractivity contribution in [1.82, 2.24) is 0 Å². The molecule has 0 aliphatic heterocycles. The zero-order valence-corrected chi connectivity index (χ0v) is 13.6. The van der Waals surface area contributed by atoms with Gasteiger partial charge in [-0.05, 0) is 24.5 Å². The largest absolute Gasteiger partial charge is 0.384 e. The molecule has 4 heteroatoms. The van der Waals surface area contributed by atoms with Gasteiger partial charge >= 0.3 is 0 Å². The summed E-state index contributed by atoms with van der Waals surface area (Å²) in [4.78, 5) is 1.20. The molecule has 0 aromatic heterocycles. The SMILES string of the molecule is CCCCc1ccccc1SC(N)=S.[Zn]. The maximum absolute atomic E-state index is 5.52. The second kappa shape index (κ2) is 8.26. The van der Waals surface area contributed by atoms with Crippen molar-refractivity contribution in [2.45, 2.75) is 31.1 Å². The summed E-state index contributed by atoms with van der Waals surface area (Å²) in [6, 6.07) is 8.32. The predicted molar refractivity (Wildman–Crippen MR) is 67.7 cm³/mol. The van der Waals surface area contributed by atoms with Crippen LogP contribution >= 0.6 is 24.0 Å². The summed E-state index contributed by atoms with van der Waals surface area (Å²) in [7, 11) is 0. The Morgan fingerprint density at radius 2 is 2.07 bits per heavy atom. The Balaban J connectivity index is 0.00000196. The van der Waals surface area contributed by atoms with Gasteiger partial charge < -0.3 is 5.73 Å². The summed E-state index contributed by atoms with van der Waals surface area (Å²) in [6.07, 6.45) is 3.54. The summed E-state index contributed by atoms with van der Waals surface area (Å²) in [5, 5.41) is 0. The van der Waals surface area contributed by atoms with Crippen LogP contribution in [0.2, 0.25) is 0 Å². The van der Waals surface area contributed by atoms with E-state index in [0.29, 0.717) is 4.32 Å². The standard InChI is InChI=1S/C11H15NS2.Zn/c1-2-3-6-9-7-4-5-8-10(9)14-11(12)13;/h4-5,7-8H,2-3,6H2,1H3,(H2,12,13);. The third-order valence-corrected chi connectivity index (χ3v) is 3.05. The second-order valence-corrected chi connectivity index (χ2v) is 4.91. The summed E-state index contributed by atoms with van der Waals surface area (Å²) in [5.41, 5.74) is 6.87. The van der Waals surface area contributed by atoms with Crippen LogP contribution in [-0.4, -0.2) is 4.32 Å². The van der Waals surface area contributed by atoms with Gasteiger partial charge in [-0.25, -0.2) is 0 Å². The number of hydrogen-bond donors (Lipinski definition) is 1. The van der Waals surface area contributed by atoms with Crippen molar-refractivity contribution < 1.29 is 19.5 Å². The first kappa shape index (κ1) is 15.1. The molecule has 0 saturated carbocycles. The van der Waals surface area contributed by atoms with E-state index in [1.54, 1.807) is 0 Å². The molecule has 0 radical (unpaired) electrons. The van der Waals surface area contributed by atoms with Crippen LogP contribution in [0, 0.1) is 0 Å². The predicted octanol–water partition coefficient (Wildman–Crippen LogP) is 3.36. The van der Waals surface area contributed by atoms with E-state index in [9.17, 15) is 0 Å². The van der Waals surface area contributed by atoms with Crippen LogP contribution in [0.1, 0.15) is 25.3 Å². The first-order valence-electron chi connectivity index (χ1n) is 4.79. The van der Waals surface area contributed by atoms with Crippen LogP contribution in [0.4, 0.5) is 0 Å². The van der Waals surface area contributed by atoms with Gasteiger partial charge in [0.05, 0.1) is 0 Å². The van der Waals surface area contributed by atoms with Gasteiger partial charge in [0.1, 0.15) is 4.32 Å². The molecule has 1 rings (SSSR count). The summed E-state index contributed by atoms with van der Waals surface area (Å²) < 4.78 is 0.494. The quantitative estimate of drug-likeness (QED) is 0.523. The average Bonchev–Trinajstić information content (AvgIpc) is 2.16. The van der Waals surface area contributed by atoms with Crippen molar-refractivity contribution in [2.24, 2.45) is 5.73 Å². The molecule has 0 fully saturated rings. The number of rotatable bonds is 4. The third kappa shape index (κ3) is 5.65. The van der Waals surface area contributed by atoms with Crippen molar-refractivity contribution in [3.63, 3.8) is 0 Å². The Hall–Kier alpha value is 0.0834. The van der Waals surface area contributed by atoms with Crippen LogP contribution < -0.4 is 5.73 Å². The van der Waals surface area contributed by atoms with Crippen LogP contribution in [0.3, 0.4) is 0 Å². The van der Waals surface area contributed by atoms with Crippen LogP contribution in [0.25, 0.3) is 0 Å². The number of aryl methyl sites for hydroxylation is 1. The summed E-state index contributed by atoms with van der Waals surface area (Å²) in [5.74, 6) is 0. The maximum Gasteiger partial charge on any atom is 0.136 e. The Bertz CT molecular complexity index is 315. The first-order valence-corrected chi connectivity index (χ1v) is 6.01. The molecule has 0 atom stereocenters. The van der Waals surface area contributed by atoms with Crippen molar-refractivity contribution in [1.29, 1.82) is 0 Å². The molecule has 15 heavy (non-hydrogen) atoms. The Kier molecular flexibility index (Phi) is 8.31. The number of hydrogen-bond acceptors (Lipinski definition) is 2. The first-order chi connectivity index (χ1) is 6.74. The fraction of sp³-hybridized carbons (Fsp3) is 0.364. The van der Waals surface area contributed by atoms with E-state index in [0.717, 1.165) is 6.42 Å². The van der Waals surface area contributed by atoms with E-state index in [1.807, 2.05) is 6.07 Å². The van der Waals surface area contributed by atoms with Crippen LogP contribution in [-0.2, 0) is 25.9 Å². The van der Waals surface area contributed by atoms with Crippen molar-refractivity contribution in [3.8, 4) is 0 Å². The topological polar surface area (TPSA) is 26.0 Å². The molecule has 1 nitrogen and oxygen atoms in total. The van der Waals surface area contributed by atoms with E-state index in [1.165, 1.54) is 35.1 Å². The van der Waals surface area contributed by atoms with Gasteiger partial charge in [-0.15, -0.1) is 0 Å². The molecule has 1 aromatic carbocycles. The number of benzene rings is 1. The number of unbranched alkanes of at least 4 members (excludes halogenated alkanes) is 1. The molecular weight excluding hydrogens is 276 g/mol. The molecule has 1 aromatic rings. The van der Waals surface area contributed by atoms with E-state index < -0.39 is 0 Å². The van der Waals surface area contributed by atoms with Crippen molar-refractivity contribution in [2.75, 3.05) is 0 Å². The fourth-order valence-corrected chi connectivity index (χ4v) is 2.22. The number of thiocarbonyl (C=S) groups is 1. The monoisotopic (exact) mass is 289 g/mol. The number of nitrogens with two attached hydrogens (primary N) is 1. The third-order valence-electron chi connectivity index (χ3n) is 1.98. The fourth-order valence-electron chi connectivity index (χ4n) is 1.29. The van der Waals surface area contributed by atoms with Gasteiger partial charge in [-0.2, -0.15) is 0 Å². The molecular formula is C11H15NS2Zn. The molecule has 0 bridgehead atoms. The van der Waals surface area contributed by atoms with E-state index in [-0.39, 0.29) is 19.5 Å². The normalized spacial score (nSPS) is 9.40. The van der Waals surface area contributed by atoms with Gasteiger partial charge in [0.15, 0.2) is 0 Å². The van der Waals surface area contributed by atoms with E-state index in [4.69, 9.17) is 18.0 Å². The van der Waals surface area contributed by atoms with Crippen LogP contribution in [0.5, 0.6) is 0 Å². The maximum atomic E-state index is 5.52. The van der Waals surface area contributed by atoms with Crippen molar-refractivity contribution in [3.05, 3.63) is 29.8 Å². The molecule has 0 aliphatic rings. The Morgan fingerprint density at radius 1 is 1.40 bits per heavy atom. The summed E-state index contributed by atoms with van der Waals surface area (Å²) >= 11 is 6.38. The zero-order chi connectivity index (χ0) is 10.4. The van der Waals surface area contributed by atoms with E-state index >= 15 is 0 Å². The minimum atomic E-state index is 0. The van der Waals surface area contributed by atoms with Gasteiger partial charge in [-0.1, -0.05) is 55.5 Å². The molecule has 0 aliphatic carbocycles.